The topological polar surface area (TPSA) is 229 Å². The summed E-state index contributed by atoms with van der Waals surface area (Å²) in [6.45, 7) is 12.6. The number of esters is 3. The standard InChI is InChI=1S/C30H32F6N2O2S.C28H30F3N3O3S.C9H14O4.C8H10O3/c1-3-4-20-16-38-10-8-19(20)12-28(38)26(24-7-9-37-27-6-5-18(2)11-25(24)27)17-41(39,40)23-14-21(29(31,32)33)13-22(15-23)30(34,35)36;1-4-18-16-34-10-8-19(18)13-26(34)27(23-7-9-32-25-6-5-21(37-3)15-24(23)25)33-38(35,36)22-12-17(2)11-20(14-22)28(29,30)31;1-13-9(12)7-5-3-2-4-6(7)8(10)11;9-7-5-3-1-2-4-6(5)8(10)11-7/h5-7,9,11,13-15,19-20,26,28H,3-4,8,10,12,16-17H2,1-2H3;4-7,9,11-12,14-15,18-19,26-27,33H,1,8,10,13,16H2,2-3H3;6-7H,2-5H2,1H3,(H,10,11);5-6H,1-4H2/t;18?,19?,26-,27-;6-,7+;5-,6+/m.01./s1. The minimum absolute atomic E-state index is 0.0463. The van der Waals surface area contributed by atoms with Crippen LogP contribution in [0.3, 0.4) is 0 Å². The summed E-state index contributed by atoms with van der Waals surface area (Å²) in [7, 11) is -6.07. The highest BCUT2D eigenvalue weighted by atomic mass is 32.2. The Morgan fingerprint density at radius 2 is 1.20 bits per heavy atom. The molecule has 0 radical (unpaired) electrons. The normalized spacial score (nSPS) is 26.0. The van der Waals surface area contributed by atoms with E-state index in [4.69, 9.17) is 9.84 Å². The molecule has 7 saturated heterocycles. The predicted octanol–water partition coefficient (Wildman–Crippen LogP) is 15.1. The second-order valence-corrected chi connectivity index (χ2v) is 32.0. The van der Waals surface area contributed by atoms with E-state index in [0.717, 1.165) is 126 Å². The molecule has 2 N–H and O–H groups in total. The number of sulfonamides is 1. The first-order valence-corrected chi connectivity index (χ1v) is 37.9. The van der Waals surface area contributed by atoms with Crippen LogP contribution in [0.4, 0.5) is 39.5 Å². The fourth-order valence-electron chi connectivity index (χ4n) is 16.5. The van der Waals surface area contributed by atoms with Crippen LogP contribution >= 0.6 is 0 Å². The zero-order valence-electron chi connectivity index (χ0n) is 57.8. The molecule has 103 heavy (non-hydrogen) atoms. The molecular formula is C75H86F9N5O12S2. The van der Waals surface area contributed by atoms with Gasteiger partial charge >= 0.3 is 42.4 Å². The van der Waals surface area contributed by atoms with E-state index in [1.54, 1.807) is 43.8 Å². The van der Waals surface area contributed by atoms with Crippen molar-refractivity contribution in [1.29, 1.82) is 0 Å². The van der Waals surface area contributed by atoms with Crippen LogP contribution in [-0.4, -0.2) is 124 Å². The molecule has 558 valence electrons. The Morgan fingerprint density at radius 1 is 0.660 bits per heavy atom. The summed E-state index contributed by atoms with van der Waals surface area (Å²) in [4.78, 5) is 55.9. The Bertz CT molecular complexity index is 4290. The third kappa shape index (κ3) is 18.1. The van der Waals surface area contributed by atoms with Gasteiger partial charge in [0.2, 0.25) is 10.0 Å². The van der Waals surface area contributed by atoms with Crippen LogP contribution in [0.5, 0.6) is 5.75 Å². The first-order valence-electron chi connectivity index (χ1n) is 34.8. The van der Waals surface area contributed by atoms with Gasteiger partial charge in [0, 0.05) is 54.3 Å². The number of aryl methyl sites for hydroxylation is 2. The molecule has 9 heterocycles. The van der Waals surface area contributed by atoms with E-state index < -0.39 is 100 Å². The number of sulfone groups is 1. The number of hydrogen-bond donors (Lipinski definition) is 2. The van der Waals surface area contributed by atoms with E-state index in [9.17, 15) is 75.5 Å². The summed E-state index contributed by atoms with van der Waals surface area (Å²) in [6.07, 6.45) is 2.58. The summed E-state index contributed by atoms with van der Waals surface area (Å²) in [5, 5.41) is 10.3. The number of piperidine rings is 6. The van der Waals surface area contributed by atoms with Crippen LogP contribution in [-0.2, 0) is 67.0 Å². The van der Waals surface area contributed by atoms with Crippen molar-refractivity contribution >= 4 is 65.5 Å². The van der Waals surface area contributed by atoms with Crippen LogP contribution in [0.2, 0.25) is 0 Å². The molecule has 17 nitrogen and oxygen atoms in total. The van der Waals surface area contributed by atoms with Crippen LogP contribution in [0.25, 0.3) is 21.8 Å². The molecule has 15 rings (SSSR count). The van der Waals surface area contributed by atoms with Crippen LogP contribution in [0.15, 0.2) is 120 Å². The Labute approximate surface area is 593 Å². The number of pyridine rings is 2. The van der Waals surface area contributed by atoms with Gasteiger partial charge in [-0.25, -0.2) is 21.6 Å². The molecule has 7 aliphatic heterocycles. The van der Waals surface area contributed by atoms with Crippen LogP contribution < -0.4 is 9.46 Å². The maximum Gasteiger partial charge on any atom is 0.416 e. The van der Waals surface area contributed by atoms with Gasteiger partial charge in [0.05, 0.1) is 87.2 Å². The van der Waals surface area contributed by atoms with Gasteiger partial charge < -0.3 is 19.3 Å². The summed E-state index contributed by atoms with van der Waals surface area (Å²) in [6, 6.07) is 16.9. The highest BCUT2D eigenvalue weighted by molar-refractivity contribution is 7.91. The van der Waals surface area contributed by atoms with Crippen molar-refractivity contribution in [2.75, 3.05) is 46.2 Å². The Balaban J connectivity index is 0.000000168. The fraction of sp³-hybridized carbons (Fsp3) is 0.520. The minimum Gasteiger partial charge on any atom is -0.497 e. The van der Waals surface area contributed by atoms with Gasteiger partial charge in [-0.05, 0) is 204 Å². The van der Waals surface area contributed by atoms with Gasteiger partial charge in [-0.1, -0.05) is 56.7 Å². The number of fused-ring (bicyclic) bond motifs is 9. The molecular weight excluding hydrogens is 1400 g/mol. The fourth-order valence-corrected chi connectivity index (χ4v) is 19.5. The number of benzene rings is 4. The van der Waals surface area contributed by atoms with E-state index in [1.807, 2.05) is 37.3 Å². The van der Waals surface area contributed by atoms with Crippen molar-refractivity contribution in [2.24, 2.45) is 47.3 Å². The molecule has 2 aliphatic carbocycles. The molecule has 6 aromatic rings. The summed E-state index contributed by atoms with van der Waals surface area (Å²) in [5.41, 5.74) is -0.437. The lowest BCUT2D eigenvalue weighted by molar-refractivity contribution is -0.157. The first kappa shape index (κ1) is 78.1. The van der Waals surface area contributed by atoms with Gasteiger partial charge in [0.25, 0.3) is 0 Å². The quantitative estimate of drug-likeness (QED) is 0.0397. The molecule has 28 heteroatoms. The number of alkyl halides is 9. The third-order valence-corrected chi connectivity index (χ3v) is 24.9. The molecule has 0 spiro atoms. The van der Waals surface area contributed by atoms with Crippen molar-refractivity contribution in [3.05, 3.63) is 149 Å². The largest absolute Gasteiger partial charge is 0.497 e. The molecule has 14 atom stereocenters. The van der Waals surface area contributed by atoms with E-state index in [0.29, 0.717) is 82.6 Å². The molecule has 4 bridgehead atoms. The van der Waals surface area contributed by atoms with Crippen molar-refractivity contribution in [3.8, 4) is 5.75 Å². The predicted molar refractivity (Wildman–Crippen MR) is 365 cm³/mol. The van der Waals surface area contributed by atoms with E-state index >= 15 is 0 Å². The summed E-state index contributed by atoms with van der Waals surface area (Å²) < 4.78 is 194. The number of aromatic nitrogens is 2. The smallest absolute Gasteiger partial charge is 0.416 e. The lowest BCUT2D eigenvalue weighted by Gasteiger charge is -2.52. The number of carbonyl (C=O) groups is 4. The van der Waals surface area contributed by atoms with Crippen LogP contribution in [0, 0.1) is 61.2 Å². The van der Waals surface area contributed by atoms with Crippen LogP contribution in [0.1, 0.15) is 148 Å². The lowest BCUT2D eigenvalue weighted by atomic mass is 9.70. The number of rotatable bonds is 16. The number of carboxylic acids is 1. The van der Waals surface area contributed by atoms with Gasteiger partial charge in [0.1, 0.15) is 5.75 Å². The number of cyclic esters (lactones) is 2. The van der Waals surface area contributed by atoms with Crippen molar-refractivity contribution < 1.29 is 94.8 Å². The third-order valence-electron chi connectivity index (χ3n) is 21.7. The molecule has 9 aliphatic rings. The van der Waals surface area contributed by atoms with Gasteiger partial charge in [0.15, 0.2) is 9.84 Å². The second-order valence-electron chi connectivity index (χ2n) is 28.2. The zero-order chi connectivity index (χ0) is 74.7. The number of carbonyl (C=O) groups excluding carboxylic acids is 3. The number of carboxylic acid groups (broad SMARTS) is 1. The lowest BCUT2D eigenvalue weighted by Crippen LogP contribution is -2.57. The summed E-state index contributed by atoms with van der Waals surface area (Å²) >= 11 is 0. The average molecular weight is 1480 g/mol. The number of hydrogen-bond acceptors (Lipinski definition) is 15. The van der Waals surface area contributed by atoms with Crippen molar-refractivity contribution in [1.82, 2.24) is 24.5 Å². The molecule has 9 fully saturated rings. The maximum atomic E-state index is 13.8. The number of nitrogens with zero attached hydrogens (tertiary/aromatic N) is 4. The monoisotopic (exact) mass is 1480 g/mol. The second kappa shape index (κ2) is 32.1. The van der Waals surface area contributed by atoms with Gasteiger partial charge in [-0.15, -0.1) is 6.58 Å². The number of ether oxygens (including phenoxy) is 3. The van der Waals surface area contributed by atoms with E-state index in [-0.39, 0.29) is 53.5 Å². The molecule has 0 amide bonds. The van der Waals surface area contributed by atoms with E-state index in [1.165, 1.54) is 20.1 Å². The van der Waals surface area contributed by atoms with E-state index in [2.05, 4.69) is 47.5 Å². The highest BCUT2D eigenvalue weighted by Gasteiger charge is 2.49. The highest BCUT2D eigenvalue weighted by Crippen LogP contribution is 2.48. The van der Waals surface area contributed by atoms with Gasteiger partial charge in [-0.2, -0.15) is 39.5 Å². The number of aliphatic carboxylic acids is 1. The first-order chi connectivity index (χ1) is 48.6. The Hall–Kier alpha value is -7.53. The number of halogens is 9. The Morgan fingerprint density at radius 3 is 1.75 bits per heavy atom. The van der Waals surface area contributed by atoms with Crippen molar-refractivity contribution in [2.45, 2.75) is 163 Å². The maximum absolute atomic E-state index is 13.8. The zero-order valence-corrected chi connectivity index (χ0v) is 59.5. The summed E-state index contributed by atoms with van der Waals surface area (Å²) in [5.74, 6) is -2.19. The number of nitrogens with one attached hydrogen (secondary N) is 1. The van der Waals surface area contributed by atoms with Crippen molar-refractivity contribution in [3.63, 3.8) is 0 Å². The number of methoxy groups -OCH3 is 2. The average Bonchev–Trinajstić information content (AvgIpc) is 1.34. The SMILES string of the molecule is C=CC1CN2CCC1C[C@H]2[C@@H](NS(=O)(=O)c1cc(C)cc(C(F)(F)F)c1)c1ccnc2ccc(OC)cc12.CCCC1CN2CCC1CC2C(CS(=O)(=O)c1cc(C(F)(F)F)cc(C(F)(F)F)c1)c1ccnc2ccc(C)cc12.COC(=O)[C@H]1CCCC[C@H]1C(=O)O.O=C1OC(=O)[C@@H]2CCCC[C@H]12. The molecule has 2 aromatic heterocycles. The minimum atomic E-state index is -5.15. The molecule has 2 saturated carbocycles. The Kier molecular flexibility index (Phi) is 24.3. The van der Waals surface area contributed by atoms with Gasteiger partial charge in [-0.3, -0.25) is 38.9 Å². The molecule has 4 aromatic carbocycles. The molecule has 8 unspecified atom stereocenters.